The Morgan fingerprint density at radius 1 is 1.27 bits per heavy atom. The number of aryl methyl sites for hydroxylation is 2. The number of nitrogens with two attached hydrogens (primary N) is 1. The number of carbonyl (C=O) groups is 1. The number of aromatic nitrogens is 5. The fourth-order valence-electron chi connectivity index (χ4n) is 2.88. The molecule has 4 heterocycles. The SMILES string of the molecule is Cc1nc(-c2nc(Cl)cs2)nc(-n2cc(C)c3cnccc32)c1C(N)=O. The van der Waals surface area contributed by atoms with Crippen molar-refractivity contribution in [2.45, 2.75) is 13.8 Å². The van der Waals surface area contributed by atoms with Crippen LogP contribution in [0.15, 0.2) is 30.0 Å². The van der Waals surface area contributed by atoms with Crippen LogP contribution in [0.2, 0.25) is 5.15 Å². The van der Waals surface area contributed by atoms with Crippen LogP contribution in [-0.2, 0) is 0 Å². The average Bonchev–Trinajstić information content (AvgIpc) is 3.18. The van der Waals surface area contributed by atoms with Crippen LogP contribution < -0.4 is 5.73 Å². The molecule has 4 aromatic heterocycles. The molecule has 0 radical (unpaired) electrons. The summed E-state index contributed by atoms with van der Waals surface area (Å²) in [5.41, 5.74) is 8.26. The highest BCUT2D eigenvalue weighted by Gasteiger charge is 2.21. The maximum Gasteiger partial charge on any atom is 0.254 e. The van der Waals surface area contributed by atoms with Crippen molar-refractivity contribution in [3.63, 3.8) is 0 Å². The molecule has 0 fully saturated rings. The zero-order valence-electron chi connectivity index (χ0n) is 13.9. The summed E-state index contributed by atoms with van der Waals surface area (Å²) in [6.45, 7) is 3.70. The number of nitrogens with zero attached hydrogens (tertiary/aromatic N) is 5. The first-order valence-electron chi connectivity index (χ1n) is 7.67. The Hall–Kier alpha value is -2.84. The molecule has 0 saturated heterocycles. The predicted octanol–water partition coefficient (Wildman–Crippen LogP) is 3.31. The monoisotopic (exact) mass is 384 g/mol. The Morgan fingerprint density at radius 2 is 2.08 bits per heavy atom. The predicted molar refractivity (Wildman–Crippen MR) is 101 cm³/mol. The first-order valence-corrected chi connectivity index (χ1v) is 8.93. The molecule has 26 heavy (non-hydrogen) atoms. The highest BCUT2D eigenvalue weighted by Crippen LogP contribution is 2.29. The molecule has 0 aromatic carbocycles. The van der Waals surface area contributed by atoms with Crippen molar-refractivity contribution in [1.82, 2.24) is 24.5 Å². The van der Waals surface area contributed by atoms with Crippen molar-refractivity contribution < 1.29 is 4.79 Å². The molecule has 0 atom stereocenters. The number of fused-ring (bicyclic) bond motifs is 1. The lowest BCUT2D eigenvalue weighted by molar-refractivity contribution is 0.0999. The van der Waals surface area contributed by atoms with Gasteiger partial charge in [0.1, 0.15) is 10.7 Å². The number of hydrogen-bond acceptors (Lipinski definition) is 6. The molecule has 130 valence electrons. The molecule has 9 heteroatoms. The van der Waals surface area contributed by atoms with E-state index < -0.39 is 5.91 Å². The fraction of sp³-hybridized carbons (Fsp3) is 0.118. The summed E-state index contributed by atoms with van der Waals surface area (Å²) in [6, 6.07) is 1.87. The van der Waals surface area contributed by atoms with E-state index in [1.54, 1.807) is 24.7 Å². The summed E-state index contributed by atoms with van der Waals surface area (Å²) in [4.78, 5) is 29.5. The molecule has 4 aromatic rings. The van der Waals surface area contributed by atoms with Crippen LogP contribution in [-0.4, -0.2) is 30.4 Å². The van der Waals surface area contributed by atoms with E-state index >= 15 is 0 Å². The Bertz CT molecular complexity index is 1170. The van der Waals surface area contributed by atoms with E-state index in [-0.39, 0.29) is 5.56 Å². The zero-order valence-corrected chi connectivity index (χ0v) is 15.5. The van der Waals surface area contributed by atoms with E-state index in [1.807, 2.05) is 23.8 Å². The Kier molecular flexibility index (Phi) is 3.93. The third kappa shape index (κ3) is 2.63. The lowest BCUT2D eigenvalue weighted by Crippen LogP contribution is -2.19. The van der Waals surface area contributed by atoms with Crippen LogP contribution in [0.3, 0.4) is 0 Å². The molecule has 0 saturated carbocycles. The van der Waals surface area contributed by atoms with Gasteiger partial charge in [0.15, 0.2) is 16.6 Å². The van der Waals surface area contributed by atoms with Crippen molar-refractivity contribution in [2.24, 2.45) is 5.73 Å². The average molecular weight is 385 g/mol. The Morgan fingerprint density at radius 3 is 2.77 bits per heavy atom. The lowest BCUT2D eigenvalue weighted by Gasteiger charge is -2.12. The summed E-state index contributed by atoms with van der Waals surface area (Å²) in [7, 11) is 0. The molecule has 0 unspecified atom stereocenters. The summed E-state index contributed by atoms with van der Waals surface area (Å²) in [6.07, 6.45) is 5.37. The molecular weight excluding hydrogens is 372 g/mol. The van der Waals surface area contributed by atoms with Crippen LogP contribution in [0.4, 0.5) is 0 Å². The molecule has 1 amide bonds. The van der Waals surface area contributed by atoms with E-state index in [2.05, 4.69) is 19.9 Å². The molecule has 0 aliphatic rings. The number of rotatable bonds is 3. The standard InChI is InChI=1S/C17H13ClN6OS/c1-8-6-24(11-3-4-20-5-10(8)11)16-13(14(19)25)9(2)21-15(23-16)17-22-12(18)7-26-17/h3-7H,1-2H3,(H2,19,25). The number of halogens is 1. The number of pyridine rings is 1. The van der Waals surface area contributed by atoms with Gasteiger partial charge in [-0.05, 0) is 25.5 Å². The second-order valence-electron chi connectivity index (χ2n) is 5.75. The number of hydrogen-bond donors (Lipinski definition) is 1. The van der Waals surface area contributed by atoms with Gasteiger partial charge in [-0.3, -0.25) is 9.78 Å². The molecular formula is C17H13ClN6OS. The molecule has 4 rings (SSSR count). The van der Waals surface area contributed by atoms with E-state index in [4.69, 9.17) is 17.3 Å². The van der Waals surface area contributed by atoms with Crippen LogP contribution in [0.25, 0.3) is 27.6 Å². The van der Waals surface area contributed by atoms with Crippen molar-refractivity contribution in [1.29, 1.82) is 0 Å². The summed E-state index contributed by atoms with van der Waals surface area (Å²) in [5.74, 6) is 0.221. The summed E-state index contributed by atoms with van der Waals surface area (Å²) >= 11 is 7.26. The molecule has 7 nitrogen and oxygen atoms in total. The second-order valence-corrected chi connectivity index (χ2v) is 6.99. The molecule has 0 bridgehead atoms. The maximum atomic E-state index is 12.1. The second kappa shape index (κ2) is 6.15. The molecule has 0 spiro atoms. The number of thiazole rings is 1. The highest BCUT2D eigenvalue weighted by molar-refractivity contribution is 7.13. The largest absolute Gasteiger partial charge is 0.365 e. The van der Waals surface area contributed by atoms with Crippen molar-refractivity contribution >= 4 is 39.7 Å². The molecule has 2 N–H and O–H groups in total. The van der Waals surface area contributed by atoms with Gasteiger partial charge in [-0.15, -0.1) is 11.3 Å². The van der Waals surface area contributed by atoms with Gasteiger partial charge in [0.25, 0.3) is 5.91 Å². The van der Waals surface area contributed by atoms with Crippen LogP contribution in [0.1, 0.15) is 21.6 Å². The van der Waals surface area contributed by atoms with Crippen molar-refractivity contribution in [3.8, 4) is 16.6 Å². The van der Waals surface area contributed by atoms with Gasteiger partial charge in [-0.25, -0.2) is 15.0 Å². The van der Waals surface area contributed by atoms with E-state index in [1.165, 1.54) is 11.3 Å². The number of amides is 1. The van der Waals surface area contributed by atoms with Crippen molar-refractivity contribution in [2.75, 3.05) is 0 Å². The van der Waals surface area contributed by atoms with Crippen LogP contribution >= 0.6 is 22.9 Å². The van der Waals surface area contributed by atoms with E-state index in [0.29, 0.717) is 27.5 Å². The minimum atomic E-state index is -0.588. The third-order valence-corrected chi connectivity index (χ3v) is 5.18. The van der Waals surface area contributed by atoms with Crippen LogP contribution in [0.5, 0.6) is 0 Å². The van der Waals surface area contributed by atoms with Gasteiger partial charge in [0.05, 0.1) is 11.2 Å². The zero-order chi connectivity index (χ0) is 18.4. The van der Waals surface area contributed by atoms with Crippen LogP contribution in [0, 0.1) is 13.8 Å². The summed E-state index contributed by atoms with van der Waals surface area (Å²) in [5, 5.41) is 3.63. The van der Waals surface area contributed by atoms with Gasteiger partial charge >= 0.3 is 0 Å². The van der Waals surface area contributed by atoms with Gasteiger partial charge in [0, 0.05) is 29.4 Å². The third-order valence-electron chi connectivity index (χ3n) is 4.02. The normalized spacial score (nSPS) is 11.2. The van der Waals surface area contributed by atoms with Gasteiger partial charge in [-0.1, -0.05) is 11.6 Å². The van der Waals surface area contributed by atoms with Gasteiger partial charge in [-0.2, -0.15) is 0 Å². The highest BCUT2D eigenvalue weighted by atomic mass is 35.5. The lowest BCUT2D eigenvalue weighted by atomic mass is 10.2. The summed E-state index contributed by atoms with van der Waals surface area (Å²) < 4.78 is 1.83. The smallest absolute Gasteiger partial charge is 0.254 e. The van der Waals surface area contributed by atoms with E-state index in [0.717, 1.165) is 16.5 Å². The topological polar surface area (TPSA) is 99.6 Å². The quantitative estimate of drug-likeness (QED) is 0.584. The van der Waals surface area contributed by atoms with Crippen molar-refractivity contribution in [3.05, 3.63) is 52.0 Å². The van der Waals surface area contributed by atoms with E-state index in [9.17, 15) is 4.79 Å². The minimum Gasteiger partial charge on any atom is -0.365 e. The molecule has 0 aliphatic carbocycles. The number of carbonyl (C=O) groups excluding carboxylic acids is 1. The first-order chi connectivity index (χ1) is 12.5. The fourth-order valence-corrected chi connectivity index (χ4v) is 3.76. The van der Waals surface area contributed by atoms with Gasteiger partial charge in [0.2, 0.25) is 0 Å². The Labute approximate surface area is 157 Å². The Balaban J connectivity index is 2.05. The van der Waals surface area contributed by atoms with Gasteiger partial charge < -0.3 is 10.3 Å². The number of primary amides is 1. The molecule has 0 aliphatic heterocycles. The maximum absolute atomic E-state index is 12.1. The first kappa shape index (κ1) is 16.6. The minimum absolute atomic E-state index is 0.269.